The Morgan fingerprint density at radius 3 is 1.90 bits per heavy atom. The minimum Gasteiger partial charge on any atom is -0.275 e. The molecule has 4 heteroatoms. The molecule has 2 N–H and O–H groups in total. The Labute approximate surface area is 59.4 Å². The SMILES string of the molecule is N#CC1(C#N)NCCCN1. The second-order valence-electron chi connectivity index (χ2n) is 2.18. The van der Waals surface area contributed by atoms with E-state index in [9.17, 15) is 0 Å². The smallest absolute Gasteiger partial charge is 0.247 e. The second-order valence-corrected chi connectivity index (χ2v) is 2.18. The molecule has 1 aliphatic rings. The molecule has 0 aromatic heterocycles. The van der Waals surface area contributed by atoms with E-state index >= 15 is 0 Å². The summed E-state index contributed by atoms with van der Waals surface area (Å²) in [6.45, 7) is 1.46. The molecule has 0 amide bonds. The summed E-state index contributed by atoms with van der Waals surface area (Å²) in [6.07, 6.45) is 0.963. The molecule has 1 saturated heterocycles. The van der Waals surface area contributed by atoms with Crippen molar-refractivity contribution in [2.75, 3.05) is 13.1 Å². The Morgan fingerprint density at radius 2 is 1.60 bits per heavy atom. The highest BCUT2D eigenvalue weighted by Crippen LogP contribution is 2.00. The summed E-state index contributed by atoms with van der Waals surface area (Å²) < 4.78 is 0. The highest BCUT2D eigenvalue weighted by atomic mass is 15.2. The van der Waals surface area contributed by atoms with Crippen LogP contribution in [-0.2, 0) is 0 Å². The monoisotopic (exact) mass is 136 g/mol. The van der Waals surface area contributed by atoms with Crippen LogP contribution in [0.1, 0.15) is 6.42 Å². The lowest BCUT2D eigenvalue weighted by Gasteiger charge is -2.26. The molecule has 0 atom stereocenters. The summed E-state index contributed by atoms with van der Waals surface area (Å²) in [5.74, 6) is 0. The zero-order valence-electron chi connectivity index (χ0n) is 5.52. The van der Waals surface area contributed by atoms with Crippen LogP contribution in [0.5, 0.6) is 0 Å². The van der Waals surface area contributed by atoms with E-state index in [1.54, 1.807) is 0 Å². The van der Waals surface area contributed by atoms with E-state index in [1.807, 2.05) is 12.1 Å². The van der Waals surface area contributed by atoms with Crippen molar-refractivity contribution in [3.05, 3.63) is 0 Å². The van der Waals surface area contributed by atoms with Crippen LogP contribution in [0.15, 0.2) is 0 Å². The van der Waals surface area contributed by atoms with Gasteiger partial charge in [0.15, 0.2) is 0 Å². The Balaban J connectivity index is 2.67. The van der Waals surface area contributed by atoms with Crippen LogP contribution in [0.2, 0.25) is 0 Å². The molecule has 0 aliphatic carbocycles. The van der Waals surface area contributed by atoms with Gasteiger partial charge in [0.25, 0.3) is 0 Å². The van der Waals surface area contributed by atoms with Gasteiger partial charge < -0.3 is 0 Å². The largest absolute Gasteiger partial charge is 0.275 e. The van der Waals surface area contributed by atoms with Gasteiger partial charge in [0.2, 0.25) is 5.66 Å². The van der Waals surface area contributed by atoms with Crippen LogP contribution < -0.4 is 10.6 Å². The Bertz CT molecular complexity index is 175. The summed E-state index contributed by atoms with van der Waals surface area (Å²) in [5.41, 5.74) is -1.13. The molecule has 10 heavy (non-hydrogen) atoms. The van der Waals surface area contributed by atoms with E-state index < -0.39 is 5.66 Å². The van der Waals surface area contributed by atoms with Crippen LogP contribution in [0.4, 0.5) is 0 Å². The molecule has 1 heterocycles. The molecule has 52 valence electrons. The summed E-state index contributed by atoms with van der Waals surface area (Å²) >= 11 is 0. The predicted molar refractivity (Wildman–Crippen MR) is 34.6 cm³/mol. The number of hydrogen-bond donors (Lipinski definition) is 2. The molecule has 1 fully saturated rings. The molecule has 0 saturated carbocycles. The molecule has 0 unspecified atom stereocenters. The van der Waals surface area contributed by atoms with Gasteiger partial charge in [0, 0.05) is 0 Å². The zero-order valence-corrected chi connectivity index (χ0v) is 5.52. The fourth-order valence-corrected chi connectivity index (χ4v) is 0.886. The van der Waals surface area contributed by atoms with Gasteiger partial charge >= 0.3 is 0 Å². The number of nitriles is 2. The van der Waals surface area contributed by atoms with Gasteiger partial charge in [0.1, 0.15) is 12.1 Å². The van der Waals surface area contributed by atoms with Crippen LogP contribution in [0, 0.1) is 22.7 Å². The number of rotatable bonds is 0. The first-order valence-electron chi connectivity index (χ1n) is 3.15. The van der Waals surface area contributed by atoms with Crippen molar-refractivity contribution in [3.8, 4) is 12.1 Å². The lowest BCUT2D eigenvalue weighted by atomic mass is 10.1. The van der Waals surface area contributed by atoms with Gasteiger partial charge in [0.05, 0.1) is 0 Å². The first-order valence-corrected chi connectivity index (χ1v) is 3.15. The fraction of sp³-hybridized carbons (Fsp3) is 0.667. The molecule has 0 bridgehead atoms. The molecule has 0 aromatic carbocycles. The average Bonchev–Trinajstić information content (AvgIpc) is 2.06. The Morgan fingerprint density at radius 1 is 1.10 bits per heavy atom. The minimum atomic E-state index is -1.13. The van der Waals surface area contributed by atoms with Gasteiger partial charge in [-0.25, -0.2) is 0 Å². The fourth-order valence-electron chi connectivity index (χ4n) is 0.886. The molecule has 1 aliphatic heterocycles. The summed E-state index contributed by atoms with van der Waals surface area (Å²) in [5, 5.41) is 22.7. The van der Waals surface area contributed by atoms with Gasteiger partial charge in [-0.05, 0) is 19.5 Å². The standard InChI is InChI=1S/C6H8N4/c7-4-6(5-8)9-2-1-3-10-6/h9-10H,1-3H2. The number of nitrogens with zero attached hydrogens (tertiary/aromatic N) is 2. The second kappa shape index (κ2) is 2.66. The van der Waals surface area contributed by atoms with Crippen molar-refractivity contribution in [2.45, 2.75) is 12.1 Å². The third kappa shape index (κ3) is 1.08. The topological polar surface area (TPSA) is 71.6 Å². The lowest BCUT2D eigenvalue weighted by Crippen LogP contribution is -2.59. The first kappa shape index (κ1) is 7.01. The zero-order chi connectivity index (χ0) is 7.45. The van der Waals surface area contributed by atoms with E-state index in [1.165, 1.54) is 0 Å². The van der Waals surface area contributed by atoms with E-state index in [4.69, 9.17) is 10.5 Å². The molecule has 4 nitrogen and oxygen atoms in total. The van der Waals surface area contributed by atoms with Crippen LogP contribution in [0.3, 0.4) is 0 Å². The van der Waals surface area contributed by atoms with Gasteiger partial charge in [-0.1, -0.05) is 0 Å². The summed E-state index contributed by atoms with van der Waals surface area (Å²) in [6, 6.07) is 3.77. The van der Waals surface area contributed by atoms with E-state index in [-0.39, 0.29) is 0 Å². The van der Waals surface area contributed by atoms with Crippen LogP contribution >= 0.6 is 0 Å². The van der Waals surface area contributed by atoms with Crippen molar-refractivity contribution in [1.82, 2.24) is 10.6 Å². The average molecular weight is 136 g/mol. The number of hydrogen-bond acceptors (Lipinski definition) is 4. The number of nitrogens with one attached hydrogen (secondary N) is 2. The molecule has 0 radical (unpaired) electrons. The molecular weight excluding hydrogens is 128 g/mol. The van der Waals surface area contributed by atoms with Crippen molar-refractivity contribution in [1.29, 1.82) is 10.5 Å². The van der Waals surface area contributed by atoms with Gasteiger partial charge in [-0.15, -0.1) is 0 Å². The van der Waals surface area contributed by atoms with E-state index in [0.717, 1.165) is 19.5 Å². The summed E-state index contributed by atoms with van der Waals surface area (Å²) in [4.78, 5) is 0. The predicted octanol–water partition coefficient (Wildman–Crippen LogP) is -0.687. The molecule has 0 aromatic rings. The first-order chi connectivity index (χ1) is 4.83. The normalized spacial score (nSPS) is 22.6. The Kier molecular flexibility index (Phi) is 1.86. The maximum Gasteiger partial charge on any atom is 0.247 e. The summed E-state index contributed by atoms with van der Waals surface area (Å²) in [7, 11) is 0. The van der Waals surface area contributed by atoms with Crippen molar-refractivity contribution < 1.29 is 0 Å². The molecule has 1 rings (SSSR count). The van der Waals surface area contributed by atoms with E-state index in [0.29, 0.717) is 0 Å². The third-order valence-electron chi connectivity index (χ3n) is 1.47. The Hall–Kier alpha value is -1.10. The minimum absolute atomic E-state index is 0.730. The van der Waals surface area contributed by atoms with Crippen molar-refractivity contribution in [3.63, 3.8) is 0 Å². The lowest BCUT2D eigenvalue weighted by molar-refractivity contribution is 0.358. The van der Waals surface area contributed by atoms with Gasteiger partial charge in [-0.3, -0.25) is 10.6 Å². The maximum atomic E-state index is 8.54. The van der Waals surface area contributed by atoms with Crippen LogP contribution in [0.25, 0.3) is 0 Å². The molecule has 0 spiro atoms. The van der Waals surface area contributed by atoms with E-state index in [2.05, 4.69) is 10.6 Å². The highest BCUT2D eigenvalue weighted by Gasteiger charge is 2.30. The van der Waals surface area contributed by atoms with Crippen LogP contribution in [-0.4, -0.2) is 18.8 Å². The highest BCUT2D eigenvalue weighted by molar-refractivity contribution is 5.20. The van der Waals surface area contributed by atoms with Gasteiger partial charge in [-0.2, -0.15) is 10.5 Å². The molecular formula is C6H8N4. The van der Waals surface area contributed by atoms with Crippen molar-refractivity contribution >= 4 is 0 Å². The third-order valence-corrected chi connectivity index (χ3v) is 1.47. The van der Waals surface area contributed by atoms with Crippen molar-refractivity contribution in [2.24, 2.45) is 0 Å². The quantitative estimate of drug-likeness (QED) is 0.462. The maximum absolute atomic E-state index is 8.54.